The van der Waals surface area contributed by atoms with Crippen LogP contribution in [-0.4, -0.2) is 33.9 Å². The molecule has 0 radical (unpaired) electrons. The lowest BCUT2D eigenvalue weighted by molar-refractivity contribution is -0.274. The van der Waals surface area contributed by atoms with E-state index >= 15 is 0 Å². The molecule has 1 aliphatic heterocycles. The minimum Gasteiger partial charge on any atom is -0.406 e. The number of aryl methyl sites for hydroxylation is 2. The zero-order valence-corrected chi connectivity index (χ0v) is 21.8. The van der Waals surface area contributed by atoms with Crippen molar-refractivity contribution in [3.63, 3.8) is 0 Å². The highest BCUT2D eigenvalue weighted by Gasteiger charge is 2.40. The molecule has 1 aliphatic carbocycles. The first-order valence-corrected chi connectivity index (χ1v) is 14.2. The van der Waals surface area contributed by atoms with Crippen LogP contribution in [0.3, 0.4) is 0 Å². The molecule has 202 valence electrons. The second kappa shape index (κ2) is 10.4. The zero-order valence-electron chi connectivity index (χ0n) is 20.2. The SMILES string of the molecule is N=S(=O)(NC1CCCC(N2c3ccccc3CCc3ccccc32)C1O)c1ccc(OC(F)(F)F)cc1Cl. The van der Waals surface area contributed by atoms with E-state index in [1.54, 1.807) is 0 Å². The molecule has 1 fully saturated rings. The Balaban J connectivity index is 1.43. The van der Waals surface area contributed by atoms with E-state index in [4.69, 9.17) is 16.4 Å². The van der Waals surface area contributed by atoms with Gasteiger partial charge in [0.05, 0.1) is 22.1 Å². The maximum absolute atomic E-state index is 13.4. The van der Waals surface area contributed by atoms with Crippen molar-refractivity contribution in [1.82, 2.24) is 4.72 Å². The molecule has 3 aromatic rings. The number of ether oxygens (including phenoxy) is 1. The fourth-order valence-electron chi connectivity index (χ4n) is 5.43. The molecule has 0 amide bonds. The van der Waals surface area contributed by atoms with E-state index in [9.17, 15) is 22.5 Å². The fraction of sp³-hybridized carbons (Fsp3) is 0.333. The summed E-state index contributed by atoms with van der Waals surface area (Å²) in [6.07, 6.45) is -2.30. The highest BCUT2D eigenvalue weighted by atomic mass is 35.5. The number of aliphatic hydroxyl groups excluding tert-OH is 1. The van der Waals surface area contributed by atoms with E-state index in [0.717, 1.165) is 42.4 Å². The standard InChI is InChI=1S/C27H27ClF3N3O3S/c28-20-16-19(37-27(29,30)31)14-15-25(20)38(32,36)33-21-8-5-11-24(26(21)35)34-22-9-3-1-6-17(22)12-13-18-7-2-4-10-23(18)34/h1-4,6-7,9-10,14-16,21,24,26,35H,5,8,11-13H2,(H2,32,33,36). The molecular formula is C27H27ClF3N3O3S. The van der Waals surface area contributed by atoms with E-state index in [1.165, 1.54) is 11.1 Å². The third kappa shape index (κ3) is 5.49. The number of nitrogens with zero attached hydrogens (tertiary/aromatic N) is 1. The Bertz CT molecular complexity index is 1390. The highest BCUT2D eigenvalue weighted by Crippen LogP contribution is 2.41. The Kier molecular flexibility index (Phi) is 7.34. The highest BCUT2D eigenvalue weighted by molar-refractivity contribution is 7.90. The average molecular weight is 566 g/mol. The molecule has 1 heterocycles. The number of rotatable bonds is 5. The molecular weight excluding hydrogens is 539 g/mol. The van der Waals surface area contributed by atoms with Crippen LogP contribution in [0.1, 0.15) is 30.4 Å². The third-order valence-electron chi connectivity index (χ3n) is 7.08. The number of alkyl halides is 3. The summed E-state index contributed by atoms with van der Waals surface area (Å²) in [5.41, 5.74) is 4.36. The van der Waals surface area contributed by atoms with Crippen LogP contribution < -0.4 is 14.4 Å². The van der Waals surface area contributed by atoms with Crippen molar-refractivity contribution >= 4 is 32.9 Å². The number of fused-ring (bicyclic) bond motifs is 2. The van der Waals surface area contributed by atoms with Gasteiger partial charge in [-0.15, -0.1) is 13.2 Å². The Hall–Kier alpha value is -2.79. The van der Waals surface area contributed by atoms with Crippen LogP contribution in [0, 0.1) is 4.78 Å². The fourth-order valence-corrected chi connectivity index (χ4v) is 7.33. The topological polar surface area (TPSA) is 85.7 Å². The number of anilines is 2. The molecule has 0 spiro atoms. The molecule has 0 bridgehead atoms. The van der Waals surface area contributed by atoms with Gasteiger partial charge in [0, 0.05) is 23.5 Å². The summed E-state index contributed by atoms with van der Waals surface area (Å²) in [5.74, 6) is -0.572. The van der Waals surface area contributed by atoms with Gasteiger partial charge in [-0.05, 0) is 67.5 Å². The summed E-state index contributed by atoms with van der Waals surface area (Å²) in [4.78, 5) is 1.99. The van der Waals surface area contributed by atoms with E-state index in [1.807, 2.05) is 36.4 Å². The van der Waals surface area contributed by atoms with Gasteiger partial charge in [0.15, 0.2) is 0 Å². The third-order valence-corrected chi connectivity index (χ3v) is 9.12. The van der Waals surface area contributed by atoms with Crippen LogP contribution in [-0.2, 0) is 22.8 Å². The first kappa shape index (κ1) is 26.8. The normalized spacial score (nSPS) is 23.1. The Morgan fingerprint density at radius 2 is 1.61 bits per heavy atom. The summed E-state index contributed by atoms with van der Waals surface area (Å²) < 4.78 is 66.3. The minimum atomic E-state index is -4.91. The van der Waals surface area contributed by atoms with Gasteiger partial charge in [0.25, 0.3) is 0 Å². The molecule has 38 heavy (non-hydrogen) atoms. The van der Waals surface area contributed by atoms with Crippen molar-refractivity contribution in [3.8, 4) is 5.75 Å². The Morgan fingerprint density at radius 3 is 2.18 bits per heavy atom. The summed E-state index contributed by atoms with van der Waals surface area (Å²) in [6.45, 7) is 0. The molecule has 0 saturated heterocycles. The number of hydrogen-bond donors (Lipinski definition) is 3. The lowest BCUT2D eigenvalue weighted by Gasteiger charge is -2.43. The van der Waals surface area contributed by atoms with Crippen molar-refractivity contribution in [2.24, 2.45) is 0 Å². The molecule has 1 saturated carbocycles. The van der Waals surface area contributed by atoms with Crippen molar-refractivity contribution in [2.45, 2.75) is 61.5 Å². The van der Waals surface area contributed by atoms with Gasteiger partial charge in [-0.2, -0.15) is 0 Å². The number of hydrogen-bond acceptors (Lipinski definition) is 5. The summed E-state index contributed by atoms with van der Waals surface area (Å²) in [7, 11) is -3.76. The second-order valence-corrected chi connectivity index (χ2v) is 11.7. The summed E-state index contributed by atoms with van der Waals surface area (Å²) in [6, 6.07) is 18.1. The van der Waals surface area contributed by atoms with Crippen LogP contribution in [0.5, 0.6) is 5.75 Å². The number of nitrogens with one attached hydrogen (secondary N) is 2. The van der Waals surface area contributed by atoms with Crippen LogP contribution >= 0.6 is 11.6 Å². The van der Waals surface area contributed by atoms with E-state index in [2.05, 4.69) is 26.5 Å². The van der Waals surface area contributed by atoms with Gasteiger partial charge in [-0.25, -0.2) is 13.7 Å². The number of halogens is 4. The summed E-state index contributed by atoms with van der Waals surface area (Å²) in [5, 5.41) is 11.3. The van der Waals surface area contributed by atoms with Crippen LogP contribution in [0.4, 0.5) is 24.5 Å². The molecule has 3 N–H and O–H groups in total. The molecule has 3 aromatic carbocycles. The smallest absolute Gasteiger partial charge is 0.406 e. The maximum Gasteiger partial charge on any atom is 0.573 e. The quantitative estimate of drug-likeness (QED) is 0.336. The number of benzene rings is 3. The molecule has 2 aliphatic rings. The molecule has 4 unspecified atom stereocenters. The molecule has 6 nitrogen and oxygen atoms in total. The lowest BCUT2D eigenvalue weighted by Crippen LogP contribution is -2.55. The lowest BCUT2D eigenvalue weighted by atomic mass is 9.86. The largest absolute Gasteiger partial charge is 0.573 e. The van der Waals surface area contributed by atoms with Crippen LogP contribution in [0.25, 0.3) is 0 Å². The summed E-state index contributed by atoms with van der Waals surface area (Å²) >= 11 is 6.12. The van der Waals surface area contributed by atoms with E-state index in [-0.39, 0.29) is 16.0 Å². The van der Waals surface area contributed by atoms with Gasteiger partial charge in [0.2, 0.25) is 0 Å². The van der Waals surface area contributed by atoms with Gasteiger partial charge in [0.1, 0.15) is 15.7 Å². The predicted octanol–water partition coefficient (Wildman–Crippen LogP) is 6.37. The van der Waals surface area contributed by atoms with Crippen molar-refractivity contribution in [3.05, 3.63) is 82.9 Å². The van der Waals surface area contributed by atoms with Crippen molar-refractivity contribution in [1.29, 1.82) is 4.78 Å². The Morgan fingerprint density at radius 1 is 1.00 bits per heavy atom. The van der Waals surface area contributed by atoms with Crippen molar-refractivity contribution < 1.29 is 27.2 Å². The first-order valence-electron chi connectivity index (χ1n) is 12.3. The second-order valence-electron chi connectivity index (χ2n) is 9.54. The van der Waals surface area contributed by atoms with Gasteiger partial charge in [-0.3, -0.25) is 0 Å². The molecule has 11 heteroatoms. The van der Waals surface area contributed by atoms with Gasteiger partial charge >= 0.3 is 6.36 Å². The molecule has 0 aromatic heterocycles. The Labute approximate surface area is 224 Å². The molecule has 4 atom stereocenters. The minimum absolute atomic E-state index is 0.173. The van der Waals surface area contributed by atoms with Crippen LogP contribution in [0.2, 0.25) is 5.02 Å². The molecule has 5 rings (SSSR count). The number of aliphatic hydroxyl groups is 1. The maximum atomic E-state index is 13.4. The number of para-hydroxylation sites is 2. The monoisotopic (exact) mass is 565 g/mol. The predicted molar refractivity (Wildman–Crippen MR) is 140 cm³/mol. The van der Waals surface area contributed by atoms with E-state index < -0.39 is 34.2 Å². The first-order chi connectivity index (χ1) is 18.0. The average Bonchev–Trinajstić information content (AvgIpc) is 3.01. The van der Waals surface area contributed by atoms with Crippen molar-refractivity contribution in [2.75, 3.05) is 4.90 Å². The van der Waals surface area contributed by atoms with E-state index in [0.29, 0.717) is 19.3 Å². The van der Waals surface area contributed by atoms with Crippen LogP contribution in [0.15, 0.2) is 71.6 Å². The van der Waals surface area contributed by atoms with Gasteiger partial charge < -0.3 is 14.7 Å². The van der Waals surface area contributed by atoms with Gasteiger partial charge in [-0.1, -0.05) is 48.0 Å². The zero-order chi connectivity index (χ0) is 27.1.